The van der Waals surface area contributed by atoms with Gasteiger partial charge in [0.1, 0.15) is 13.2 Å². The monoisotopic (exact) mass is 328 g/mol. The first-order chi connectivity index (χ1) is 11.4. The molecule has 0 atom stereocenters. The highest BCUT2D eigenvalue weighted by molar-refractivity contribution is 5.66. The Morgan fingerprint density at radius 1 is 0.667 bits per heavy atom. The highest BCUT2D eigenvalue weighted by atomic mass is 16.5. The number of hydrogen-bond donors (Lipinski definition) is 0. The molecule has 2 rings (SSSR count). The highest BCUT2D eigenvalue weighted by Gasteiger charge is 1.99. The topological polar surface area (TPSA) is 52.6 Å². The lowest BCUT2D eigenvalue weighted by Crippen LogP contribution is -2.00. The van der Waals surface area contributed by atoms with Crippen LogP contribution in [0.5, 0.6) is 0 Å². The zero-order valence-electron chi connectivity index (χ0n) is 14.7. The summed E-state index contributed by atoms with van der Waals surface area (Å²) in [6, 6.07) is 15.8. The Balaban J connectivity index is 0.000000300. The van der Waals surface area contributed by atoms with Gasteiger partial charge < -0.3 is 9.47 Å². The summed E-state index contributed by atoms with van der Waals surface area (Å²) < 4.78 is 9.68. The van der Waals surface area contributed by atoms with Gasteiger partial charge in [0, 0.05) is 13.8 Å². The molecule has 0 spiro atoms. The first kappa shape index (κ1) is 19.4. The molecule has 0 saturated heterocycles. The van der Waals surface area contributed by atoms with Crippen molar-refractivity contribution in [3.63, 3.8) is 0 Å². The summed E-state index contributed by atoms with van der Waals surface area (Å²) in [5, 5.41) is 0. The summed E-state index contributed by atoms with van der Waals surface area (Å²) >= 11 is 0. The quantitative estimate of drug-likeness (QED) is 0.792. The normalized spacial score (nSPS) is 9.50. The molecule has 2 aromatic carbocycles. The van der Waals surface area contributed by atoms with E-state index in [4.69, 9.17) is 9.47 Å². The van der Waals surface area contributed by atoms with E-state index in [1.807, 2.05) is 24.3 Å². The standard InChI is InChI=1S/C12H14O4.C8H10/c1-9(13)15-7-11-3-5-12(6-4-11)8-16-10(2)14;1-7-3-5-8(2)6-4-7/h3-6H,7-8H2,1-2H3;3-6H,1-2H3. The van der Waals surface area contributed by atoms with Crippen LogP contribution in [0.4, 0.5) is 0 Å². The van der Waals surface area contributed by atoms with Gasteiger partial charge >= 0.3 is 11.9 Å². The summed E-state index contributed by atoms with van der Waals surface area (Å²) in [4.78, 5) is 21.2. The van der Waals surface area contributed by atoms with Gasteiger partial charge in [-0.05, 0) is 25.0 Å². The molecule has 0 aliphatic carbocycles. The second kappa shape index (κ2) is 10.2. The van der Waals surface area contributed by atoms with E-state index in [0.717, 1.165) is 11.1 Å². The Bertz CT molecular complexity index is 584. The molecule has 4 nitrogen and oxygen atoms in total. The smallest absolute Gasteiger partial charge is 0.302 e. The van der Waals surface area contributed by atoms with E-state index in [2.05, 4.69) is 38.1 Å². The van der Waals surface area contributed by atoms with Gasteiger partial charge in [0.25, 0.3) is 0 Å². The van der Waals surface area contributed by atoms with E-state index in [1.165, 1.54) is 25.0 Å². The first-order valence-corrected chi connectivity index (χ1v) is 7.74. The fraction of sp³-hybridized carbons (Fsp3) is 0.300. The minimum absolute atomic E-state index is 0.267. The molecule has 0 N–H and O–H groups in total. The van der Waals surface area contributed by atoms with Gasteiger partial charge in [-0.2, -0.15) is 0 Å². The lowest BCUT2D eigenvalue weighted by Gasteiger charge is -2.04. The van der Waals surface area contributed by atoms with E-state index in [1.54, 1.807) is 0 Å². The van der Waals surface area contributed by atoms with Crippen molar-refractivity contribution in [2.75, 3.05) is 0 Å². The number of rotatable bonds is 4. The predicted molar refractivity (Wildman–Crippen MR) is 93.3 cm³/mol. The number of carbonyl (C=O) groups is 2. The number of aryl methyl sites for hydroxylation is 2. The van der Waals surface area contributed by atoms with Crippen LogP contribution in [-0.2, 0) is 32.3 Å². The molecule has 0 unspecified atom stereocenters. The molecular weight excluding hydrogens is 304 g/mol. The van der Waals surface area contributed by atoms with Gasteiger partial charge in [-0.1, -0.05) is 59.7 Å². The van der Waals surface area contributed by atoms with E-state index < -0.39 is 0 Å². The van der Waals surface area contributed by atoms with Gasteiger partial charge in [0.05, 0.1) is 0 Å². The Labute approximate surface area is 143 Å². The summed E-state index contributed by atoms with van der Waals surface area (Å²) in [5.74, 6) is -0.604. The molecular formula is C20H24O4. The van der Waals surface area contributed by atoms with Crippen molar-refractivity contribution < 1.29 is 19.1 Å². The molecule has 128 valence electrons. The molecule has 0 bridgehead atoms. The van der Waals surface area contributed by atoms with Crippen molar-refractivity contribution in [2.45, 2.75) is 40.9 Å². The lowest BCUT2D eigenvalue weighted by molar-refractivity contribution is -0.143. The maximum absolute atomic E-state index is 10.6. The van der Waals surface area contributed by atoms with Crippen LogP contribution in [-0.4, -0.2) is 11.9 Å². The zero-order valence-corrected chi connectivity index (χ0v) is 14.7. The molecule has 0 aliphatic heterocycles. The average molecular weight is 328 g/mol. The maximum atomic E-state index is 10.6. The third-order valence-corrected chi connectivity index (χ3v) is 3.13. The van der Waals surface area contributed by atoms with E-state index in [9.17, 15) is 9.59 Å². The molecule has 24 heavy (non-hydrogen) atoms. The number of carbonyl (C=O) groups excluding carboxylic acids is 2. The summed E-state index contributed by atoms with van der Waals surface area (Å²) in [7, 11) is 0. The zero-order chi connectivity index (χ0) is 17.9. The fourth-order valence-corrected chi connectivity index (χ4v) is 1.74. The molecule has 0 heterocycles. The van der Waals surface area contributed by atoms with E-state index in [0.29, 0.717) is 0 Å². The van der Waals surface area contributed by atoms with Gasteiger partial charge in [0.2, 0.25) is 0 Å². The van der Waals surface area contributed by atoms with Crippen molar-refractivity contribution >= 4 is 11.9 Å². The molecule has 0 fully saturated rings. The predicted octanol–water partition coefficient (Wildman–Crippen LogP) is 4.12. The molecule has 0 aromatic heterocycles. The molecule has 2 aromatic rings. The fourth-order valence-electron chi connectivity index (χ4n) is 1.74. The van der Waals surface area contributed by atoms with Crippen molar-refractivity contribution in [3.8, 4) is 0 Å². The maximum Gasteiger partial charge on any atom is 0.302 e. The lowest BCUT2D eigenvalue weighted by atomic mass is 10.1. The SMILES string of the molecule is CC(=O)OCc1ccc(COC(C)=O)cc1.Cc1ccc(C)cc1. The van der Waals surface area contributed by atoms with Crippen molar-refractivity contribution in [1.29, 1.82) is 0 Å². The molecule has 0 amide bonds. The molecule has 0 saturated carbocycles. The Morgan fingerprint density at radius 2 is 0.958 bits per heavy atom. The Kier molecular flexibility index (Phi) is 8.26. The van der Waals surface area contributed by atoms with Gasteiger partial charge in [-0.15, -0.1) is 0 Å². The summed E-state index contributed by atoms with van der Waals surface area (Å²) in [6.07, 6.45) is 0. The van der Waals surface area contributed by atoms with Crippen LogP contribution in [0, 0.1) is 13.8 Å². The van der Waals surface area contributed by atoms with Crippen LogP contribution < -0.4 is 0 Å². The minimum Gasteiger partial charge on any atom is -0.461 e. The van der Waals surface area contributed by atoms with E-state index >= 15 is 0 Å². The van der Waals surface area contributed by atoms with Gasteiger partial charge in [0.15, 0.2) is 0 Å². The third kappa shape index (κ3) is 8.73. The summed E-state index contributed by atoms with van der Waals surface area (Å²) in [5.41, 5.74) is 4.47. The average Bonchev–Trinajstić information content (AvgIpc) is 2.55. The van der Waals surface area contributed by atoms with Crippen LogP contribution in [0.15, 0.2) is 48.5 Å². The van der Waals surface area contributed by atoms with Crippen LogP contribution in [0.1, 0.15) is 36.1 Å². The Hall–Kier alpha value is -2.62. The highest BCUT2D eigenvalue weighted by Crippen LogP contribution is 2.07. The summed E-state index contributed by atoms with van der Waals surface area (Å²) in [6.45, 7) is 7.47. The first-order valence-electron chi connectivity index (χ1n) is 7.74. The Morgan fingerprint density at radius 3 is 1.21 bits per heavy atom. The van der Waals surface area contributed by atoms with Crippen LogP contribution in [0.3, 0.4) is 0 Å². The van der Waals surface area contributed by atoms with Crippen molar-refractivity contribution in [2.24, 2.45) is 0 Å². The second-order valence-corrected chi connectivity index (χ2v) is 5.53. The van der Waals surface area contributed by atoms with Gasteiger partial charge in [-0.25, -0.2) is 0 Å². The largest absolute Gasteiger partial charge is 0.461 e. The van der Waals surface area contributed by atoms with Crippen LogP contribution in [0.2, 0.25) is 0 Å². The number of ether oxygens (including phenoxy) is 2. The van der Waals surface area contributed by atoms with Crippen LogP contribution >= 0.6 is 0 Å². The van der Waals surface area contributed by atoms with Crippen molar-refractivity contribution in [3.05, 3.63) is 70.8 Å². The van der Waals surface area contributed by atoms with E-state index in [-0.39, 0.29) is 25.2 Å². The molecule has 4 heteroatoms. The third-order valence-electron chi connectivity index (χ3n) is 3.13. The number of hydrogen-bond acceptors (Lipinski definition) is 4. The molecule has 0 aliphatic rings. The molecule has 0 radical (unpaired) electrons. The number of benzene rings is 2. The van der Waals surface area contributed by atoms with Crippen molar-refractivity contribution in [1.82, 2.24) is 0 Å². The second-order valence-electron chi connectivity index (χ2n) is 5.53. The van der Waals surface area contributed by atoms with Crippen LogP contribution in [0.25, 0.3) is 0 Å². The van der Waals surface area contributed by atoms with Gasteiger partial charge in [-0.3, -0.25) is 9.59 Å². The number of esters is 2. The minimum atomic E-state index is -0.302.